The van der Waals surface area contributed by atoms with Gasteiger partial charge in [-0.05, 0) is 55.2 Å². The van der Waals surface area contributed by atoms with Crippen molar-refractivity contribution in [3.63, 3.8) is 0 Å². The van der Waals surface area contributed by atoms with Gasteiger partial charge in [0.15, 0.2) is 0 Å². The van der Waals surface area contributed by atoms with E-state index in [1.54, 1.807) is 0 Å². The second-order valence-corrected chi connectivity index (χ2v) is 9.57. The maximum Gasteiger partial charge on any atom is 0.304 e. The van der Waals surface area contributed by atoms with Gasteiger partial charge in [0.05, 0.1) is 29.7 Å². The van der Waals surface area contributed by atoms with Gasteiger partial charge in [0.2, 0.25) is 0 Å². The van der Waals surface area contributed by atoms with Gasteiger partial charge in [0.25, 0.3) is 0 Å². The van der Waals surface area contributed by atoms with Crippen LogP contribution in [0.3, 0.4) is 0 Å². The first-order valence-electron chi connectivity index (χ1n) is 12.5. The van der Waals surface area contributed by atoms with Gasteiger partial charge in [0.1, 0.15) is 17.7 Å². The van der Waals surface area contributed by atoms with Crippen molar-refractivity contribution in [3.05, 3.63) is 83.2 Å². The zero-order valence-electron chi connectivity index (χ0n) is 20.2. The minimum absolute atomic E-state index is 0.00921. The number of hydrogen-bond acceptors (Lipinski definition) is 5. The van der Waals surface area contributed by atoms with Crippen molar-refractivity contribution in [1.29, 1.82) is 0 Å². The number of aliphatic carboxylic acids is 1. The van der Waals surface area contributed by atoms with E-state index in [0.29, 0.717) is 13.2 Å². The van der Waals surface area contributed by atoms with Crippen molar-refractivity contribution in [2.45, 2.75) is 44.8 Å². The molecule has 0 aliphatic carbocycles. The summed E-state index contributed by atoms with van der Waals surface area (Å²) in [5.74, 6) is 0.840. The van der Waals surface area contributed by atoms with Crippen LogP contribution in [0.15, 0.2) is 60.7 Å². The number of carboxylic acid groups (broad SMARTS) is 1. The van der Waals surface area contributed by atoms with Gasteiger partial charge in [-0.25, -0.2) is 4.98 Å². The monoisotopic (exact) mass is 483 g/mol. The molecule has 2 atom stereocenters. The molecule has 7 nitrogen and oxygen atoms in total. The minimum Gasteiger partial charge on any atom is -0.493 e. The third kappa shape index (κ3) is 4.09. The largest absolute Gasteiger partial charge is 0.493 e. The molecule has 0 amide bonds. The lowest BCUT2D eigenvalue weighted by atomic mass is 9.98. The predicted octanol–water partition coefficient (Wildman–Crippen LogP) is 5.75. The Hall–Kier alpha value is -3.84. The lowest BCUT2D eigenvalue weighted by molar-refractivity contribution is -0.137. The summed E-state index contributed by atoms with van der Waals surface area (Å²) < 4.78 is 14.1. The number of imidazole rings is 1. The maximum absolute atomic E-state index is 11.1. The van der Waals surface area contributed by atoms with Crippen molar-refractivity contribution < 1.29 is 19.4 Å². The molecule has 1 saturated heterocycles. The molecule has 0 unspecified atom stereocenters. The number of hydrogen-bond donors (Lipinski definition) is 2. The van der Waals surface area contributed by atoms with Crippen LogP contribution in [0.4, 0.5) is 5.69 Å². The molecular formula is C29H29N3O4. The van der Waals surface area contributed by atoms with Crippen LogP contribution in [0.25, 0.3) is 16.7 Å². The quantitative estimate of drug-likeness (QED) is 0.348. The number of carbonyl (C=O) groups is 1. The Bertz CT molecular complexity index is 1440. The normalized spacial score (nSPS) is 18.8. The van der Waals surface area contributed by atoms with Crippen molar-refractivity contribution >= 4 is 22.7 Å². The van der Waals surface area contributed by atoms with Crippen LogP contribution >= 0.6 is 0 Å². The highest BCUT2D eigenvalue weighted by Crippen LogP contribution is 2.38. The first-order chi connectivity index (χ1) is 17.6. The molecule has 2 aliphatic heterocycles. The molecule has 1 aromatic heterocycles. The molecule has 36 heavy (non-hydrogen) atoms. The maximum atomic E-state index is 11.1. The molecule has 2 N–H and O–H groups in total. The highest BCUT2D eigenvalue weighted by atomic mass is 16.5. The molecule has 2 aliphatic rings. The Kier molecular flexibility index (Phi) is 5.85. The topological polar surface area (TPSA) is 85.6 Å². The lowest BCUT2D eigenvalue weighted by Crippen LogP contribution is -2.10. The summed E-state index contributed by atoms with van der Waals surface area (Å²) in [4.78, 5) is 16.1. The van der Waals surface area contributed by atoms with Crippen LogP contribution in [0.2, 0.25) is 0 Å². The Labute approximate surface area is 209 Å². The van der Waals surface area contributed by atoms with Crippen LogP contribution in [0.1, 0.15) is 53.8 Å². The van der Waals surface area contributed by atoms with E-state index >= 15 is 0 Å². The standard InChI is InChI=1S/C29H29N3O4/c1-18-19(16-30-21-11-12-22-20(14-28(33)34)17-36-27(22)15-21)6-4-9-24(18)32-25-8-3-2-7-23(25)31-29(32)26-10-5-13-35-26/h2-4,6-9,11-12,15,20,26,30H,5,10,13-14,16-17H2,1H3,(H,33,34)/t20-,26+/m1/s1. The number of rotatable bonds is 7. The van der Waals surface area contributed by atoms with Gasteiger partial charge in [-0.3, -0.25) is 9.36 Å². The van der Waals surface area contributed by atoms with Gasteiger partial charge < -0.3 is 19.9 Å². The van der Waals surface area contributed by atoms with Crippen molar-refractivity contribution in [3.8, 4) is 11.4 Å². The van der Waals surface area contributed by atoms with Crippen molar-refractivity contribution in [2.24, 2.45) is 0 Å². The number of aromatic nitrogens is 2. The summed E-state index contributed by atoms with van der Waals surface area (Å²) in [6.45, 7) is 4.00. The molecule has 0 radical (unpaired) electrons. The molecule has 1 fully saturated rings. The Morgan fingerprint density at radius 1 is 1.17 bits per heavy atom. The summed E-state index contributed by atoms with van der Waals surface area (Å²) >= 11 is 0. The molecule has 0 bridgehead atoms. The lowest BCUT2D eigenvalue weighted by Gasteiger charge is -2.18. The van der Waals surface area contributed by atoms with Crippen LogP contribution < -0.4 is 10.1 Å². The van der Waals surface area contributed by atoms with Crippen molar-refractivity contribution in [2.75, 3.05) is 18.5 Å². The summed E-state index contributed by atoms with van der Waals surface area (Å²) in [5, 5.41) is 12.7. The SMILES string of the molecule is Cc1c(CNc2ccc3c(c2)OC[C@H]3CC(=O)O)cccc1-n1c([C@@H]2CCCO2)nc2ccccc21. The molecule has 184 valence electrons. The number of nitrogens with zero attached hydrogens (tertiary/aromatic N) is 2. The Balaban J connectivity index is 1.28. The van der Waals surface area contributed by atoms with E-state index in [-0.39, 0.29) is 18.4 Å². The first kappa shape index (κ1) is 22.6. The number of nitrogens with one attached hydrogen (secondary N) is 1. The van der Waals surface area contributed by atoms with Crippen LogP contribution in [-0.4, -0.2) is 33.8 Å². The average molecular weight is 484 g/mol. The summed E-state index contributed by atoms with van der Waals surface area (Å²) in [6.07, 6.45) is 2.13. The second-order valence-electron chi connectivity index (χ2n) is 9.57. The predicted molar refractivity (Wildman–Crippen MR) is 138 cm³/mol. The zero-order chi connectivity index (χ0) is 24.6. The molecule has 6 rings (SSSR count). The van der Waals surface area contributed by atoms with Gasteiger partial charge in [-0.1, -0.05) is 30.3 Å². The van der Waals surface area contributed by atoms with Gasteiger partial charge in [-0.2, -0.15) is 0 Å². The van der Waals surface area contributed by atoms with Gasteiger partial charge >= 0.3 is 5.97 Å². The Morgan fingerprint density at radius 3 is 2.89 bits per heavy atom. The van der Waals surface area contributed by atoms with E-state index in [1.807, 2.05) is 24.3 Å². The average Bonchev–Trinajstić information content (AvgIpc) is 3.62. The number of anilines is 1. The molecular weight excluding hydrogens is 454 g/mol. The summed E-state index contributed by atoms with van der Waals surface area (Å²) in [7, 11) is 0. The highest BCUT2D eigenvalue weighted by Gasteiger charge is 2.27. The molecule has 7 heteroatoms. The van der Waals surface area contributed by atoms with Crippen LogP contribution in [-0.2, 0) is 16.1 Å². The van der Waals surface area contributed by atoms with Gasteiger partial charge in [-0.15, -0.1) is 0 Å². The third-order valence-electron chi connectivity index (χ3n) is 7.26. The van der Waals surface area contributed by atoms with E-state index in [1.165, 1.54) is 11.1 Å². The highest BCUT2D eigenvalue weighted by molar-refractivity contribution is 5.79. The van der Waals surface area contributed by atoms with E-state index < -0.39 is 5.97 Å². The Morgan fingerprint density at radius 2 is 2.06 bits per heavy atom. The fourth-order valence-corrected chi connectivity index (χ4v) is 5.36. The fourth-order valence-electron chi connectivity index (χ4n) is 5.36. The third-order valence-corrected chi connectivity index (χ3v) is 7.26. The van der Waals surface area contributed by atoms with E-state index in [9.17, 15) is 4.79 Å². The van der Waals surface area contributed by atoms with Crippen LogP contribution in [0.5, 0.6) is 5.75 Å². The second kappa shape index (κ2) is 9.32. The molecule has 0 spiro atoms. The molecule has 3 heterocycles. The molecule has 3 aromatic carbocycles. The summed E-state index contributed by atoms with van der Waals surface area (Å²) in [5.41, 5.74) is 7.47. The number of para-hydroxylation sites is 2. The van der Waals surface area contributed by atoms with E-state index in [0.717, 1.165) is 59.0 Å². The van der Waals surface area contributed by atoms with Gasteiger partial charge in [0, 0.05) is 36.4 Å². The minimum atomic E-state index is -0.803. The van der Waals surface area contributed by atoms with E-state index in [2.05, 4.69) is 53.2 Å². The number of ether oxygens (including phenoxy) is 2. The number of carboxylic acids is 1. The van der Waals surface area contributed by atoms with E-state index in [4.69, 9.17) is 19.6 Å². The first-order valence-corrected chi connectivity index (χ1v) is 12.5. The smallest absolute Gasteiger partial charge is 0.304 e. The fraction of sp³-hybridized carbons (Fsp3) is 0.310. The number of benzene rings is 3. The van der Waals surface area contributed by atoms with Crippen molar-refractivity contribution in [1.82, 2.24) is 9.55 Å². The number of fused-ring (bicyclic) bond motifs is 2. The zero-order valence-corrected chi connectivity index (χ0v) is 20.2. The molecule has 0 saturated carbocycles. The molecule has 4 aromatic rings. The summed E-state index contributed by atoms with van der Waals surface area (Å²) in [6, 6.07) is 20.6. The van der Waals surface area contributed by atoms with Crippen LogP contribution in [0, 0.1) is 6.92 Å².